The lowest BCUT2D eigenvalue weighted by Crippen LogP contribution is -2.50. The third-order valence-corrected chi connectivity index (χ3v) is 4.70. The summed E-state index contributed by atoms with van der Waals surface area (Å²) in [4.78, 5) is 20.1. The van der Waals surface area contributed by atoms with Crippen molar-refractivity contribution in [1.82, 2.24) is 20.4 Å². The highest BCUT2D eigenvalue weighted by Crippen LogP contribution is 2.11. The van der Waals surface area contributed by atoms with Crippen molar-refractivity contribution in [2.24, 2.45) is 4.99 Å². The second-order valence-electron chi connectivity index (χ2n) is 7.15. The minimum atomic E-state index is -0.235. The summed E-state index contributed by atoms with van der Waals surface area (Å²) < 4.78 is 4.77. The molecule has 1 saturated heterocycles. The molecule has 0 aromatic heterocycles. The van der Waals surface area contributed by atoms with Crippen LogP contribution in [0.5, 0.6) is 0 Å². The molecule has 1 aliphatic rings. The Morgan fingerprint density at radius 2 is 1.84 bits per heavy atom. The summed E-state index contributed by atoms with van der Waals surface area (Å²) in [6, 6.07) is 1.48. The van der Waals surface area contributed by atoms with Crippen LogP contribution in [0.2, 0.25) is 0 Å². The van der Waals surface area contributed by atoms with E-state index in [2.05, 4.69) is 48.2 Å². The van der Waals surface area contributed by atoms with E-state index in [-0.39, 0.29) is 6.09 Å². The highest BCUT2D eigenvalue weighted by Gasteiger charge is 2.23. The van der Waals surface area contributed by atoms with Gasteiger partial charge < -0.3 is 20.3 Å². The molecule has 0 aromatic carbocycles. The van der Waals surface area contributed by atoms with Gasteiger partial charge in [0.2, 0.25) is 0 Å². The largest absolute Gasteiger partial charge is 0.453 e. The summed E-state index contributed by atoms with van der Waals surface area (Å²) in [5.74, 6) is 0.845. The lowest BCUT2D eigenvalue weighted by atomic mass is 10.1. The van der Waals surface area contributed by atoms with Crippen LogP contribution in [0.1, 0.15) is 47.0 Å². The van der Waals surface area contributed by atoms with Crippen LogP contribution >= 0.6 is 0 Å². The molecule has 0 atom stereocenters. The van der Waals surface area contributed by atoms with Crippen molar-refractivity contribution in [3.63, 3.8) is 0 Å². The predicted octanol–water partition coefficient (Wildman–Crippen LogP) is 1.89. The van der Waals surface area contributed by atoms with E-state index in [1.165, 1.54) is 7.11 Å². The minimum absolute atomic E-state index is 0.235. The number of nitrogens with one attached hydrogen (secondary N) is 2. The van der Waals surface area contributed by atoms with Gasteiger partial charge in [0.1, 0.15) is 0 Å². The highest BCUT2D eigenvalue weighted by molar-refractivity contribution is 5.80. The van der Waals surface area contributed by atoms with Crippen LogP contribution in [0.4, 0.5) is 4.79 Å². The number of nitrogens with zero attached hydrogens (tertiary/aromatic N) is 3. The van der Waals surface area contributed by atoms with Crippen molar-refractivity contribution in [2.75, 3.05) is 40.3 Å². The molecule has 7 nitrogen and oxygen atoms in total. The lowest BCUT2D eigenvalue weighted by molar-refractivity contribution is 0.111. The van der Waals surface area contributed by atoms with E-state index in [9.17, 15) is 4.79 Å². The molecule has 2 N–H and O–H groups in total. The van der Waals surface area contributed by atoms with Crippen molar-refractivity contribution in [3.05, 3.63) is 0 Å². The van der Waals surface area contributed by atoms with E-state index in [0.717, 1.165) is 51.4 Å². The molecule has 1 rings (SSSR count). The van der Waals surface area contributed by atoms with Crippen LogP contribution in [0.15, 0.2) is 4.99 Å². The van der Waals surface area contributed by atoms with Crippen molar-refractivity contribution < 1.29 is 9.53 Å². The molecule has 0 bridgehead atoms. The van der Waals surface area contributed by atoms with E-state index in [1.54, 1.807) is 11.9 Å². The first-order valence-electron chi connectivity index (χ1n) is 9.44. The molecular formula is C18H37N5O2. The van der Waals surface area contributed by atoms with Gasteiger partial charge in [-0.2, -0.15) is 0 Å². The van der Waals surface area contributed by atoms with Gasteiger partial charge in [-0.15, -0.1) is 0 Å². The Hall–Kier alpha value is -1.50. The van der Waals surface area contributed by atoms with E-state index in [4.69, 9.17) is 4.74 Å². The van der Waals surface area contributed by atoms with Gasteiger partial charge in [0.05, 0.1) is 7.11 Å². The highest BCUT2D eigenvalue weighted by atomic mass is 16.5. The summed E-state index contributed by atoms with van der Waals surface area (Å²) in [7, 11) is 3.23. The molecule has 7 heteroatoms. The van der Waals surface area contributed by atoms with Crippen LogP contribution in [-0.4, -0.2) is 80.3 Å². The molecular weight excluding hydrogens is 318 g/mol. The number of methoxy groups -OCH3 is 1. The summed E-state index contributed by atoms with van der Waals surface area (Å²) in [5.41, 5.74) is 0. The van der Waals surface area contributed by atoms with Crippen molar-refractivity contribution in [2.45, 2.75) is 65.1 Å². The van der Waals surface area contributed by atoms with Crippen molar-refractivity contribution in [1.29, 1.82) is 0 Å². The van der Waals surface area contributed by atoms with Gasteiger partial charge in [0.15, 0.2) is 5.96 Å². The van der Waals surface area contributed by atoms with Gasteiger partial charge in [-0.1, -0.05) is 0 Å². The fourth-order valence-electron chi connectivity index (χ4n) is 3.30. The summed E-state index contributed by atoms with van der Waals surface area (Å²) in [5, 5.41) is 6.87. The molecule has 0 spiro atoms. The van der Waals surface area contributed by atoms with Gasteiger partial charge in [-0.3, -0.25) is 9.89 Å². The van der Waals surface area contributed by atoms with Gasteiger partial charge in [-0.05, 0) is 47.0 Å². The maximum Gasteiger partial charge on any atom is 0.409 e. The van der Waals surface area contributed by atoms with E-state index >= 15 is 0 Å². The van der Waals surface area contributed by atoms with Gasteiger partial charge in [-0.25, -0.2) is 4.79 Å². The number of amides is 1. The number of rotatable bonds is 7. The van der Waals surface area contributed by atoms with Crippen LogP contribution in [0.3, 0.4) is 0 Å². The molecule has 0 radical (unpaired) electrons. The molecule has 1 amide bonds. The van der Waals surface area contributed by atoms with Gasteiger partial charge in [0, 0.05) is 51.4 Å². The number of carbonyl (C=O) groups excluding carboxylic acids is 1. The van der Waals surface area contributed by atoms with Gasteiger partial charge >= 0.3 is 6.09 Å². The number of carbonyl (C=O) groups is 1. The van der Waals surface area contributed by atoms with E-state index < -0.39 is 0 Å². The second kappa shape index (κ2) is 11.2. The molecule has 1 heterocycles. The quantitative estimate of drug-likeness (QED) is 0.415. The third-order valence-electron chi connectivity index (χ3n) is 4.70. The zero-order valence-corrected chi connectivity index (χ0v) is 16.8. The molecule has 146 valence electrons. The second-order valence-corrected chi connectivity index (χ2v) is 7.15. The van der Waals surface area contributed by atoms with E-state index in [0.29, 0.717) is 18.1 Å². The zero-order chi connectivity index (χ0) is 18.8. The lowest BCUT2D eigenvalue weighted by Gasteiger charge is -2.32. The number of likely N-dealkylation sites (tertiary alicyclic amines) is 1. The van der Waals surface area contributed by atoms with Crippen molar-refractivity contribution in [3.8, 4) is 0 Å². The average Bonchev–Trinajstić information content (AvgIpc) is 2.59. The fraction of sp³-hybridized carbons (Fsp3) is 0.889. The molecule has 0 unspecified atom stereocenters. The van der Waals surface area contributed by atoms with Crippen LogP contribution in [-0.2, 0) is 4.74 Å². The standard InChI is InChI=1S/C18H37N5O2/c1-14(2)23(15(3)4)11-7-10-20-17(19-5)21-16-8-12-22(13-9-16)18(24)25-6/h14-16H,7-13H2,1-6H3,(H2,19,20,21). The van der Waals surface area contributed by atoms with Crippen molar-refractivity contribution >= 4 is 12.1 Å². The Morgan fingerprint density at radius 1 is 1.24 bits per heavy atom. The van der Waals surface area contributed by atoms with Crippen LogP contribution in [0, 0.1) is 0 Å². The molecule has 0 saturated carbocycles. The van der Waals surface area contributed by atoms with Crippen LogP contribution < -0.4 is 10.6 Å². The first-order chi connectivity index (χ1) is 11.9. The minimum Gasteiger partial charge on any atom is -0.453 e. The number of hydrogen-bond donors (Lipinski definition) is 2. The Balaban J connectivity index is 2.28. The number of hydrogen-bond acceptors (Lipinski definition) is 4. The third kappa shape index (κ3) is 7.50. The Morgan fingerprint density at radius 3 is 2.32 bits per heavy atom. The van der Waals surface area contributed by atoms with Crippen LogP contribution in [0.25, 0.3) is 0 Å². The monoisotopic (exact) mass is 355 g/mol. The first kappa shape index (κ1) is 21.5. The first-order valence-corrected chi connectivity index (χ1v) is 9.44. The average molecular weight is 356 g/mol. The summed E-state index contributed by atoms with van der Waals surface area (Å²) >= 11 is 0. The molecule has 0 aliphatic carbocycles. The topological polar surface area (TPSA) is 69.2 Å². The Kier molecular flexibility index (Phi) is 9.63. The van der Waals surface area contributed by atoms with E-state index in [1.807, 2.05) is 0 Å². The Labute approximate surface area is 153 Å². The molecule has 1 fully saturated rings. The summed E-state index contributed by atoms with van der Waals surface area (Å²) in [6.45, 7) is 12.4. The molecule has 0 aromatic rings. The normalized spacial score (nSPS) is 16.7. The summed E-state index contributed by atoms with van der Waals surface area (Å²) in [6.07, 6.45) is 2.66. The maximum absolute atomic E-state index is 11.5. The Bertz CT molecular complexity index is 410. The molecule has 25 heavy (non-hydrogen) atoms. The number of piperidine rings is 1. The SMILES string of the molecule is CN=C(NCCCN(C(C)C)C(C)C)NC1CCN(C(=O)OC)CC1. The number of ether oxygens (including phenoxy) is 1. The number of aliphatic imine (C=N–C) groups is 1. The van der Waals surface area contributed by atoms with Gasteiger partial charge in [0.25, 0.3) is 0 Å². The smallest absolute Gasteiger partial charge is 0.409 e. The predicted molar refractivity (Wildman–Crippen MR) is 103 cm³/mol. The fourth-order valence-corrected chi connectivity index (χ4v) is 3.30. The molecule has 1 aliphatic heterocycles. The number of guanidine groups is 1. The maximum atomic E-state index is 11.5. The zero-order valence-electron chi connectivity index (χ0n) is 16.8.